The zero-order chi connectivity index (χ0) is 12.6. The van der Waals surface area contributed by atoms with Crippen LogP contribution in [0.5, 0.6) is 0 Å². The lowest BCUT2D eigenvalue weighted by atomic mass is 10.1. The molecule has 0 saturated carbocycles. The number of carboxylic acid groups (broad SMARTS) is 1. The van der Waals surface area contributed by atoms with Crippen LogP contribution in [-0.4, -0.2) is 15.6 Å². The fourth-order valence-corrected chi connectivity index (χ4v) is 2.67. The maximum Gasteiger partial charge on any atom is 0.339 e. The van der Waals surface area contributed by atoms with Gasteiger partial charge in [0.05, 0.1) is 10.6 Å². The van der Waals surface area contributed by atoms with Crippen LogP contribution in [0.4, 0.5) is 0 Å². The number of aromatic carboxylic acids is 1. The van der Waals surface area contributed by atoms with Crippen LogP contribution in [0.1, 0.15) is 61.4 Å². The van der Waals surface area contributed by atoms with Crippen molar-refractivity contribution in [3.8, 4) is 0 Å². The van der Waals surface area contributed by atoms with Gasteiger partial charge in [-0.3, -0.25) is 0 Å². The van der Waals surface area contributed by atoms with Crippen LogP contribution in [0, 0.1) is 6.92 Å². The van der Waals surface area contributed by atoms with Gasteiger partial charge in [-0.05, 0) is 26.7 Å². The van der Waals surface area contributed by atoms with Crippen molar-refractivity contribution in [2.45, 2.75) is 46.6 Å². The second-order valence-electron chi connectivity index (χ2n) is 4.58. The highest BCUT2D eigenvalue weighted by Gasteiger charge is 2.25. The van der Waals surface area contributed by atoms with Crippen molar-refractivity contribution in [3.63, 3.8) is 0 Å². The number of hydrogen-bond donors (Lipinski definition) is 1. The van der Waals surface area contributed by atoms with Crippen molar-refractivity contribution in [1.29, 1.82) is 0 Å². The molecule has 0 radical (unpaired) electrons. The number of rotatable bonds is 3. The van der Waals surface area contributed by atoms with Gasteiger partial charge in [0.25, 0.3) is 0 Å². The van der Waals surface area contributed by atoms with E-state index in [1.165, 1.54) is 0 Å². The van der Waals surface area contributed by atoms with E-state index in [2.05, 4.69) is 0 Å². The van der Waals surface area contributed by atoms with Crippen LogP contribution in [0.2, 0.25) is 5.02 Å². The molecule has 0 unspecified atom stereocenters. The van der Waals surface area contributed by atoms with Crippen molar-refractivity contribution in [1.82, 2.24) is 4.57 Å². The molecule has 1 aromatic rings. The lowest BCUT2D eigenvalue weighted by Gasteiger charge is -2.17. The lowest BCUT2D eigenvalue weighted by Crippen LogP contribution is -2.09. The van der Waals surface area contributed by atoms with Gasteiger partial charge in [-0.2, -0.15) is 0 Å². The summed E-state index contributed by atoms with van der Waals surface area (Å²) in [5.41, 5.74) is 1.88. The topological polar surface area (TPSA) is 42.2 Å². The summed E-state index contributed by atoms with van der Waals surface area (Å²) in [6.07, 6.45) is 0. The van der Waals surface area contributed by atoms with E-state index in [4.69, 9.17) is 16.7 Å². The molecule has 16 heavy (non-hydrogen) atoms. The van der Waals surface area contributed by atoms with E-state index in [0.717, 1.165) is 11.4 Å². The highest BCUT2D eigenvalue weighted by molar-refractivity contribution is 6.34. The number of carboxylic acids is 1. The SMILES string of the molecule is Cc1c(C(=O)O)c(Cl)c(C(C)C)n1C(C)C. The predicted molar refractivity (Wildman–Crippen MR) is 65.6 cm³/mol. The Bertz CT molecular complexity index is 388. The summed E-state index contributed by atoms with van der Waals surface area (Å²) in [7, 11) is 0. The van der Waals surface area contributed by atoms with Gasteiger partial charge in [-0.15, -0.1) is 0 Å². The molecule has 1 aromatic heterocycles. The number of nitrogens with zero attached hydrogens (tertiary/aromatic N) is 1. The van der Waals surface area contributed by atoms with Gasteiger partial charge < -0.3 is 9.67 Å². The first kappa shape index (κ1) is 13.1. The molecule has 0 aliphatic carbocycles. The van der Waals surface area contributed by atoms with Crippen molar-refractivity contribution < 1.29 is 9.90 Å². The Morgan fingerprint density at radius 1 is 1.31 bits per heavy atom. The molecule has 0 aromatic carbocycles. The van der Waals surface area contributed by atoms with E-state index >= 15 is 0 Å². The van der Waals surface area contributed by atoms with E-state index in [1.54, 1.807) is 6.92 Å². The molecule has 0 atom stereocenters. The average Bonchev–Trinajstić information content (AvgIpc) is 2.36. The highest BCUT2D eigenvalue weighted by Crippen LogP contribution is 2.35. The quantitative estimate of drug-likeness (QED) is 0.876. The third-order valence-corrected chi connectivity index (χ3v) is 3.09. The normalized spacial score (nSPS) is 11.5. The summed E-state index contributed by atoms with van der Waals surface area (Å²) in [6, 6.07) is 0.211. The third kappa shape index (κ3) is 1.96. The minimum Gasteiger partial charge on any atom is -0.478 e. The molecule has 0 bridgehead atoms. The van der Waals surface area contributed by atoms with Gasteiger partial charge in [0, 0.05) is 17.4 Å². The molecular formula is C12H18ClNO2. The second kappa shape index (κ2) is 4.50. The molecule has 1 rings (SSSR count). The monoisotopic (exact) mass is 243 g/mol. The molecule has 3 nitrogen and oxygen atoms in total. The van der Waals surface area contributed by atoms with E-state index in [-0.39, 0.29) is 17.5 Å². The van der Waals surface area contributed by atoms with Crippen LogP contribution >= 0.6 is 11.6 Å². The Kier molecular flexibility index (Phi) is 3.68. The van der Waals surface area contributed by atoms with Gasteiger partial charge in [0.1, 0.15) is 0 Å². The minimum absolute atomic E-state index is 0.210. The molecule has 1 N–H and O–H groups in total. The van der Waals surface area contributed by atoms with Gasteiger partial charge in [0.2, 0.25) is 0 Å². The first-order chi connectivity index (χ1) is 7.29. The van der Waals surface area contributed by atoms with Gasteiger partial charge in [-0.1, -0.05) is 25.4 Å². The molecule has 0 aliphatic heterocycles. The highest BCUT2D eigenvalue weighted by atomic mass is 35.5. The van der Waals surface area contributed by atoms with Crippen LogP contribution in [0.3, 0.4) is 0 Å². The summed E-state index contributed by atoms with van der Waals surface area (Å²) in [4.78, 5) is 11.2. The molecule has 0 aliphatic rings. The lowest BCUT2D eigenvalue weighted by molar-refractivity contribution is 0.0696. The number of aromatic nitrogens is 1. The van der Waals surface area contributed by atoms with Gasteiger partial charge in [-0.25, -0.2) is 4.79 Å². The summed E-state index contributed by atoms with van der Waals surface area (Å²) in [6.45, 7) is 9.90. The molecule has 0 amide bonds. The van der Waals surface area contributed by atoms with Crippen molar-refractivity contribution in [2.24, 2.45) is 0 Å². The molecule has 90 valence electrons. The summed E-state index contributed by atoms with van der Waals surface area (Å²) < 4.78 is 2.01. The smallest absolute Gasteiger partial charge is 0.339 e. The molecule has 0 saturated heterocycles. The molecule has 1 heterocycles. The zero-order valence-electron chi connectivity index (χ0n) is 10.3. The van der Waals surface area contributed by atoms with Crippen LogP contribution in [0.15, 0.2) is 0 Å². The first-order valence-electron chi connectivity index (χ1n) is 5.42. The summed E-state index contributed by atoms with van der Waals surface area (Å²) in [5, 5.41) is 9.53. The molecule has 4 heteroatoms. The van der Waals surface area contributed by atoms with Crippen LogP contribution in [0.25, 0.3) is 0 Å². The largest absolute Gasteiger partial charge is 0.478 e. The van der Waals surface area contributed by atoms with Crippen molar-refractivity contribution in [3.05, 3.63) is 22.0 Å². The zero-order valence-corrected chi connectivity index (χ0v) is 11.1. The van der Waals surface area contributed by atoms with Crippen molar-refractivity contribution >= 4 is 17.6 Å². The fraction of sp³-hybridized carbons (Fsp3) is 0.583. The number of halogens is 1. The molecular weight excluding hydrogens is 226 g/mol. The predicted octanol–water partition coefficient (Wildman–Crippen LogP) is 3.85. The fourth-order valence-electron chi connectivity index (χ4n) is 2.14. The number of hydrogen-bond acceptors (Lipinski definition) is 1. The molecule has 0 fully saturated rings. The Labute approximate surface area is 101 Å². The first-order valence-corrected chi connectivity index (χ1v) is 5.80. The Morgan fingerprint density at radius 3 is 2.06 bits per heavy atom. The number of carbonyl (C=O) groups is 1. The van der Waals surface area contributed by atoms with Gasteiger partial charge >= 0.3 is 5.97 Å². The van der Waals surface area contributed by atoms with E-state index in [0.29, 0.717) is 5.02 Å². The van der Waals surface area contributed by atoms with E-state index in [1.807, 2.05) is 32.3 Å². The standard InChI is InChI=1S/C12H18ClNO2/c1-6(2)11-10(13)9(12(15)16)8(5)14(11)7(3)4/h6-7H,1-5H3,(H,15,16). The van der Waals surface area contributed by atoms with Gasteiger partial charge in [0.15, 0.2) is 0 Å². The van der Waals surface area contributed by atoms with Crippen LogP contribution < -0.4 is 0 Å². The molecule has 0 spiro atoms. The Balaban J connectivity index is 3.59. The van der Waals surface area contributed by atoms with E-state index in [9.17, 15) is 4.79 Å². The third-order valence-electron chi connectivity index (χ3n) is 2.70. The maximum absolute atomic E-state index is 11.2. The average molecular weight is 244 g/mol. The Hall–Kier alpha value is -0.960. The van der Waals surface area contributed by atoms with Crippen molar-refractivity contribution in [2.75, 3.05) is 0 Å². The minimum atomic E-state index is -0.955. The maximum atomic E-state index is 11.2. The van der Waals surface area contributed by atoms with E-state index < -0.39 is 5.97 Å². The summed E-state index contributed by atoms with van der Waals surface area (Å²) in [5.74, 6) is -0.745. The Morgan fingerprint density at radius 2 is 1.81 bits per heavy atom. The van der Waals surface area contributed by atoms with Crippen LogP contribution in [-0.2, 0) is 0 Å². The summed E-state index contributed by atoms with van der Waals surface area (Å²) >= 11 is 6.17. The second-order valence-corrected chi connectivity index (χ2v) is 4.96.